The van der Waals surface area contributed by atoms with E-state index >= 15 is 0 Å². The van der Waals surface area contributed by atoms with Crippen LogP contribution >= 0.6 is 0 Å². The van der Waals surface area contributed by atoms with Crippen molar-refractivity contribution in [3.63, 3.8) is 0 Å². The van der Waals surface area contributed by atoms with Crippen LogP contribution in [0.5, 0.6) is 5.75 Å². The predicted octanol–water partition coefficient (Wildman–Crippen LogP) is 3.03. The van der Waals surface area contributed by atoms with E-state index in [1.54, 1.807) is 4.90 Å². The molecule has 0 radical (unpaired) electrons. The first-order chi connectivity index (χ1) is 12.5. The molecule has 0 spiro atoms. The Kier molecular flexibility index (Phi) is 5.46. The van der Waals surface area contributed by atoms with E-state index in [4.69, 9.17) is 4.74 Å². The molecule has 0 unspecified atom stereocenters. The summed E-state index contributed by atoms with van der Waals surface area (Å²) in [6.07, 6.45) is 0.765. The summed E-state index contributed by atoms with van der Waals surface area (Å²) in [4.78, 5) is 25.9. The molecule has 0 saturated carbocycles. The lowest BCUT2D eigenvalue weighted by Crippen LogP contribution is -2.38. The first-order valence-corrected chi connectivity index (χ1v) is 8.09. The molecule has 0 atom stereocenters. The van der Waals surface area contributed by atoms with E-state index in [-0.39, 0.29) is 23.8 Å². The summed E-state index contributed by atoms with van der Waals surface area (Å²) in [5.41, 5.74) is 2.47. The van der Waals surface area contributed by atoms with E-state index in [0.29, 0.717) is 13.1 Å². The fraction of sp³-hybridized carbons (Fsp3) is 0.263. The van der Waals surface area contributed by atoms with Crippen molar-refractivity contribution in [3.8, 4) is 5.75 Å². The molecule has 0 bridgehead atoms. The fourth-order valence-electron chi connectivity index (χ4n) is 2.78. The molecule has 1 aliphatic heterocycles. The highest BCUT2D eigenvalue weighted by Gasteiger charge is 2.21. The molecule has 0 fully saturated rings. The number of nitrogens with zero attached hydrogens (tertiary/aromatic N) is 1. The zero-order chi connectivity index (χ0) is 18.5. The maximum atomic E-state index is 12.3. The SMILES string of the molecule is O=C(OCC(=O)N1CCc2ccccc2C1)c1ccc(OC(F)F)cc1. The molecule has 2 aromatic rings. The summed E-state index contributed by atoms with van der Waals surface area (Å²) >= 11 is 0. The lowest BCUT2D eigenvalue weighted by Gasteiger charge is -2.28. The van der Waals surface area contributed by atoms with Crippen LogP contribution in [0.25, 0.3) is 0 Å². The van der Waals surface area contributed by atoms with Crippen LogP contribution in [0.1, 0.15) is 21.5 Å². The van der Waals surface area contributed by atoms with E-state index in [0.717, 1.165) is 12.0 Å². The van der Waals surface area contributed by atoms with Crippen molar-refractivity contribution in [2.75, 3.05) is 13.2 Å². The number of rotatable bonds is 5. The molecule has 26 heavy (non-hydrogen) atoms. The first-order valence-electron chi connectivity index (χ1n) is 8.09. The van der Waals surface area contributed by atoms with Gasteiger partial charge in [-0.1, -0.05) is 24.3 Å². The zero-order valence-corrected chi connectivity index (χ0v) is 13.9. The summed E-state index contributed by atoms with van der Waals surface area (Å²) in [5, 5.41) is 0. The van der Waals surface area contributed by atoms with Crippen molar-refractivity contribution >= 4 is 11.9 Å². The van der Waals surface area contributed by atoms with Crippen LogP contribution in [0.3, 0.4) is 0 Å². The Balaban J connectivity index is 1.52. The van der Waals surface area contributed by atoms with Crippen molar-refractivity contribution in [2.24, 2.45) is 0 Å². The summed E-state index contributed by atoms with van der Waals surface area (Å²) in [6.45, 7) is -2.23. The smallest absolute Gasteiger partial charge is 0.387 e. The Labute approximate surface area is 149 Å². The number of carbonyl (C=O) groups is 2. The number of fused-ring (bicyclic) bond motifs is 1. The standard InChI is InChI=1S/C19H17F2NO4/c20-19(21)26-16-7-5-14(6-8-16)18(24)25-12-17(23)22-10-9-13-3-1-2-4-15(13)11-22/h1-8,19H,9-12H2. The van der Waals surface area contributed by atoms with Gasteiger partial charge in [-0.15, -0.1) is 0 Å². The Hall–Kier alpha value is -2.96. The number of carbonyl (C=O) groups excluding carboxylic acids is 2. The first kappa shape index (κ1) is 17.8. The number of halogens is 2. The summed E-state index contributed by atoms with van der Waals surface area (Å²) < 4.78 is 33.4. The van der Waals surface area contributed by atoms with Gasteiger partial charge < -0.3 is 14.4 Å². The van der Waals surface area contributed by atoms with Crippen LogP contribution in [0, 0.1) is 0 Å². The third kappa shape index (κ3) is 4.36. The molecule has 5 nitrogen and oxygen atoms in total. The molecule has 1 aliphatic rings. The normalized spacial score (nSPS) is 13.3. The second-order valence-electron chi connectivity index (χ2n) is 5.81. The van der Waals surface area contributed by atoms with Gasteiger partial charge in [-0.2, -0.15) is 8.78 Å². The molecule has 0 N–H and O–H groups in total. The maximum absolute atomic E-state index is 12.3. The summed E-state index contributed by atoms with van der Waals surface area (Å²) in [7, 11) is 0. The minimum atomic E-state index is -2.93. The Morgan fingerprint density at radius 2 is 1.73 bits per heavy atom. The van der Waals surface area contributed by atoms with Crippen molar-refractivity contribution in [1.82, 2.24) is 4.90 Å². The Morgan fingerprint density at radius 3 is 2.42 bits per heavy atom. The van der Waals surface area contributed by atoms with Gasteiger partial charge >= 0.3 is 12.6 Å². The summed E-state index contributed by atoms with van der Waals surface area (Å²) in [6, 6.07) is 13.0. The monoisotopic (exact) mass is 361 g/mol. The number of ether oxygens (including phenoxy) is 2. The minimum absolute atomic E-state index is 0.0559. The van der Waals surface area contributed by atoms with Gasteiger partial charge in [-0.25, -0.2) is 4.79 Å². The molecule has 7 heteroatoms. The maximum Gasteiger partial charge on any atom is 0.387 e. The van der Waals surface area contributed by atoms with Gasteiger partial charge in [0, 0.05) is 13.1 Å². The third-order valence-corrected chi connectivity index (χ3v) is 4.13. The predicted molar refractivity (Wildman–Crippen MR) is 88.9 cm³/mol. The number of alkyl halides is 2. The average Bonchev–Trinajstić information content (AvgIpc) is 2.65. The number of hydrogen-bond donors (Lipinski definition) is 0. The minimum Gasteiger partial charge on any atom is -0.452 e. The van der Waals surface area contributed by atoms with Crippen LogP contribution in [-0.2, 0) is 22.5 Å². The van der Waals surface area contributed by atoms with Gasteiger partial charge in [0.1, 0.15) is 5.75 Å². The van der Waals surface area contributed by atoms with E-state index in [9.17, 15) is 18.4 Å². The van der Waals surface area contributed by atoms with Crippen molar-refractivity contribution in [2.45, 2.75) is 19.6 Å². The average molecular weight is 361 g/mol. The van der Waals surface area contributed by atoms with Gasteiger partial charge in [0.2, 0.25) is 0 Å². The molecule has 1 amide bonds. The largest absolute Gasteiger partial charge is 0.452 e. The lowest BCUT2D eigenvalue weighted by atomic mass is 10.00. The van der Waals surface area contributed by atoms with Gasteiger partial charge in [0.15, 0.2) is 6.61 Å². The Bertz CT molecular complexity index is 792. The Morgan fingerprint density at radius 1 is 1.04 bits per heavy atom. The number of esters is 1. The van der Waals surface area contributed by atoms with Crippen molar-refractivity contribution in [3.05, 3.63) is 65.2 Å². The molecule has 0 aromatic heterocycles. The van der Waals surface area contributed by atoms with E-state index < -0.39 is 12.6 Å². The highest BCUT2D eigenvalue weighted by molar-refractivity contribution is 5.91. The number of amides is 1. The quantitative estimate of drug-likeness (QED) is 0.768. The molecular weight excluding hydrogens is 344 g/mol. The number of benzene rings is 2. The topological polar surface area (TPSA) is 55.8 Å². The van der Waals surface area contributed by atoms with Gasteiger partial charge in [-0.3, -0.25) is 4.79 Å². The van der Waals surface area contributed by atoms with E-state index in [1.807, 2.05) is 24.3 Å². The van der Waals surface area contributed by atoms with Crippen molar-refractivity contribution < 1.29 is 27.8 Å². The zero-order valence-electron chi connectivity index (χ0n) is 13.9. The van der Waals surface area contributed by atoms with Crippen LogP contribution in [0.4, 0.5) is 8.78 Å². The van der Waals surface area contributed by atoms with Crippen LogP contribution in [-0.4, -0.2) is 36.5 Å². The fourth-order valence-corrected chi connectivity index (χ4v) is 2.78. The van der Waals surface area contributed by atoms with E-state index in [1.165, 1.54) is 29.8 Å². The molecule has 0 aliphatic carbocycles. The molecule has 136 valence electrons. The molecule has 2 aromatic carbocycles. The highest BCUT2D eigenvalue weighted by Crippen LogP contribution is 2.19. The van der Waals surface area contributed by atoms with Crippen LogP contribution in [0.2, 0.25) is 0 Å². The van der Waals surface area contributed by atoms with Gasteiger partial charge in [0.05, 0.1) is 5.56 Å². The third-order valence-electron chi connectivity index (χ3n) is 4.13. The number of hydrogen-bond acceptors (Lipinski definition) is 4. The molecule has 0 saturated heterocycles. The summed E-state index contributed by atoms with van der Waals surface area (Å²) in [5.74, 6) is -1.02. The second-order valence-corrected chi connectivity index (χ2v) is 5.81. The molecular formula is C19H17F2NO4. The highest BCUT2D eigenvalue weighted by atomic mass is 19.3. The lowest BCUT2D eigenvalue weighted by molar-refractivity contribution is -0.135. The molecule has 3 rings (SSSR count). The van der Waals surface area contributed by atoms with E-state index in [2.05, 4.69) is 4.74 Å². The second kappa shape index (κ2) is 7.95. The van der Waals surface area contributed by atoms with Gasteiger partial charge in [-0.05, 0) is 41.8 Å². The van der Waals surface area contributed by atoms with Crippen LogP contribution in [0.15, 0.2) is 48.5 Å². The molecule has 1 heterocycles. The van der Waals surface area contributed by atoms with Crippen molar-refractivity contribution in [1.29, 1.82) is 0 Å². The van der Waals surface area contributed by atoms with Gasteiger partial charge in [0.25, 0.3) is 5.91 Å². The van der Waals surface area contributed by atoms with Crippen LogP contribution < -0.4 is 4.74 Å².